The second-order valence-electron chi connectivity index (χ2n) is 10.6. The molecule has 0 saturated carbocycles. The molecule has 1 aliphatic rings. The Hall–Kier alpha value is -4.56. The summed E-state index contributed by atoms with van der Waals surface area (Å²) in [6.45, 7) is 4.34. The molecule has 0 unspecified atom stereocenters. The minimum Gasteiger partial charge on any atom is -0.452 e. The summed E-state index contributed by atoms with van der Waals surface area (Å²) in [6.07, 6.45) is 6.85. The molecular formula is C36H26O2. The summed E-state index contributed by atoms with van der Waals surface area (Å²) in [5, 5.41) is 6.86. The van der Waals surface area contributed by atoms with Crippen molar-refractivity contribution in [2.45, 2.75) is 26.7 Å². The molecule has 0 aliphatic heterocycles. The monoisotopic (exact) mass is 490 g/mol. The quantitative estimate of drug-likeness (QED) is 0.241. The van der Waals surface area contributed by atoms with Crippen molar-refractivity contribution >= 4 is 60.2 Å². The minimum atomic E-state index is 0.820. The van der Waals surface area contributed by atoms with Crippen LogP contribution in [0.25, 0.3) is 71.3 Å². The molecule has 0 amide bonds. The van der Waals surface area contributed by atoms with Crippen LogP contribution in [0, 0.1) is 6.92 Å². The van der Waals surface area contributed by atoms with Crippen molar-refractivity contribution in [2.24, 2.45) is 0 Å². The van der Waals surface area contributed by atoms with Gasteiger partial charge in [-0.25, -0.2) is 0 Å². The maximum atomic E-state index is 6.65. The van der Waals surface area contributed by atoms with Gasteiger partial charge in [-0.3, -0.25) is 0 Å². The Kier molecular flexibility index (Phi) is 4.51. The number of hydrogen-bond acceptors (Lipinski definition) is 2. The predicted octanol–water partition coefficient (Wildman–Crippen LogP) is 10.7. The number of fused-ring (bicyclic) bond motifs is 10. The lowest BCUT2D eigenvalue weighted by atomic mass is 9.94. The van der Waals surface area contributed by atoms with Crippen LogP contribution in [-0.4, -0.2) is 0 Å². The van der Waals surface area contributed by atoms with E-state index >= 15 is 0 Å². The Morgan fingerprint density at radius 3 is 1.87 bits per heavy atom. The van der Waals surface area contributed by atoms with Gasteiger partial charge in [0.15, 0.2) is 11.2 Å². The van der Waals surface area contributed by atoms with Crippen LogP contribution in [0.15, 0.2) is 111 Å². The summed E-state index contributed by atoms with van der Waals surface area (Å²) < 4.78 is 13.3. The van der Waals surface area contributed by atoms with Gasteiger partial charge in [-0.1, -0.05) is 84.0 Å². The summed E-state index contributed by atoms with van der Waals surface area (Å²) >= 11 is 0. The van der Waals surface area contributed by atoms with Gasteiger partial charge >= 0.3 is 0 Å². The van der Waals surface area contributed by atoms with E-state index in [1.165, 1.54) is 38.6 Å². The predicted molar refractivity (Wildman–Crippen MR) is 160 cm³/mol. The zero-order chi connectivity index (χ0) is 25.4. The topological polar surface area (TPSA) is 26.3 Å². The van der Waals surface area contributed by atoms with Crippen molar-refractivity contribution in [2.75, 3.05) is 0 Å². The third-order valence-corrected chi connectivity index (χ3v) is 8.04. The second-order valence-corrected chi connectivity index (χ2v) is 10.6. The molecule has 2 nitrogen and oxygen atoms in total. The van der Waals surface area contributed by atoms with E-state index in [4.69, 9.17) is 8.83 Å². The molecule has 5 aromatic carbocycles. The van der Waals surface area contributed by atoms with Crippen molar-refractivity contribution < 1.29 is 8.83 Å². The van der Waals surface area contributed by atoms with Crippen LogP contribution in [0.4, 0.5) is 0 Å². The van der Waals surface area contributed by atoms with Crippen molar-refractivity contribution in [3.8, 4) is 11.1 Å². The first-order valence-electron chi connectivity index (χ1n) is 13.3. The molecule has 38 heavy (non-hydrogen) atoms. The fourth-order valence-electron chi connectivity index (χ4n) is 6.20. The molecule has 0 spiro atoms. The maximum Gasteiger partial charge on any atom is 0.179 e. The summed E-state index contributed by atoms with van der Waals surface area (Å²) in [5.41, 5.74) is 10.9. The SMILES string of the molecule is CC1=CC(c2ccc3c(c2)oc2c4oc5cc(-c6cccc(C)c6)ccc5c4c4ccccc4c32)=CCC1. The van der Waals surface area contributed by atoms with Crippen LogP contribution in [-0.2, 0) is 0 Å². The van der Waals surface area contributed by atoms with E-state index in [2.05, 4.69) is 111 Å². The van der Waals surface area contributed by atoms with Gasteiger partial charge in [-0.05, 0) is 84.0 Å². The smallest absolute Gasteiger partial charge is 0.179 e. The highest BCUT2D eigenvalue weighted by molar-refractivity contribution is 6.33. The van der Waals surface area contributed by atoms with Crippen LogP contribution in [0.2, 0.25) is 0 Å². The molecule has 2 heterocycles. The molecule has 7 aromatic rings. The van der Waals surface area contributed by atoms with Crippen LogP contribution in [0.5, 0.6) is 0 Å². The number of allylic oxidation sites excluding steroid dienone is 4. The van der Waals surface area contributed by atoms with Crippen LogP contribution in [0.1, 0.15) is 30.9 Å². The zero-order valence-electron chi connectivity index (χ0n) is 21.5. The fourth-order valence-corrected chi connectivity index (χ4v) is 6.20. The first kappa shape index (κ1) is 21.5. The molecule has 182 valence electrons. The number of furan rings is 2. The largest absolute Gasteiger partial charge is 0.452 e. The Morgan fingerprint density at radius 2 is 1.21 bits per heavy atom. The first-order valence-corrected chi connectivity index (χ1v) is 13.3. The van der Waals surface area contributed by atoms with Gasteiger partial charge in [0.1, 0.15) is 11.2 Å². The Morgan fingerprint density at radius 1 is 0.579 bits per heavy atom. The highest BCUT2D eigenvalue weighted by Crippen LogP contribution is 2.45. The molecule has 0 fully saturated rings. The molecule has 0 radical (unpaired) electrons. The lowest BCUT2D eigenvalue weighted by Crippen LogP contribution is -1.89. The highest BCUT2D eigenvalue weighted by atomic mass is 16.4. The minimum absolute atomic E-state index is 0.820. The van der Waals surface area contributed by atoms with E-state index in [1.807, 2.05) is 0 Å². The molecule has 0 saturated heterocycles. The number of aryl methyl sites for hydroxylation is 1. The number of benzene rings is 5. The van der Waals surface area contributed by atoms with E-state index in [0.29, 0.717) is 0 Å². The van der Waals surface area contributed by atoms with Crippen molar-refractivity contribution in [1.82, 2.24) is 0 Å². The third-order valence-electron chi connectivity index (χ3n) is 8.04. The van der Waals surface area contributed by atoms with E-state index < -0.39 is 0 Å². The summed E-state index contributed by atoms with van der Waals surface area (Å²) in [5.74, 6) is 0. The van der Waals surface area contributed by atoms with Gasteiger partial charge in [-0.15, -0.1) is 0 Å². The van der Waals surface area contributed by atoms with Crippen LogP contribution in [0.3, 0.4) is 0 Å². The molecule has 0 atom stereocenters. The van der Waals surface area contributed by atoms with E-state index in [1.54, 1.807) is 0 Å². The third kappa shape index (κ3) is 3.13. The number of rotatable bonds is 2. The lowest BCUT2D eigenvalue weighted by molar-refractivity contribution is 0.633. The van der Waals surface area contributed by atoms with Gasteiger partial charge < -0.3 is 8.83 Å². The molecule has 1 aliphatic carbocycles. The second kappa shape index (κ2) is 7.97. The molecule has 0 N–H and O–H groups in total. The Labute approximate surface area is 220 Å². The van der Waals surface area contributed by atoms with Crippen molar-refractivity contribution in [3.05, 3.63) is 114 Å². The van der Waals surface area contributed by atoms with Crippen LogP contribution < -0.4 is 0 Å². The Balaban J connectivity index is 1.43. The molecular weight excluding hydrogens is 464 g/mol. The van der Waals surface area contributed by atoms with E-state index in [0.717, 1.165) is 62.3 Å². The molecule has 0 bridgehead atoms. The Bertz CT molecular complexity index is 2150. The lowest BCUT2D eigenvalue weighted by Gasteiger charge is -2.10. The van der Waals surface area contributed by atoms with Gasteiger partial charge in [0.05, 0.1) is 0 Å². The summed E-state index contributed by atoms with van der Waals surface area (Å²) in [6, 6.07) is 30.4. The van der Waals surface area contributed by atoms with Gasteiger partial charge in [0.25, 0.3) is 0 Å². The maximum absolute atomic E-state index is 6.65. The average Bonchev–Trinajstić information content (AvgIpc) is 3.51. The van der Waals surface area contributed by atoms with Gasteiger partial charge in [0.2, 0.25) is 0 Å². The van der Waals surface area contributed by atoms with Gasteiger partial charge in [0, 0.05) is 21.5 Å². The normalized spacial score (nSPS) is 14.2. The standard InChI is InChI=1S/C36H26O2/c1-21-7-5-9-23(17-21)25-13-15-29-31(19-25)37-35-33(29)27-11-3-4-12-28(27)34-30-16-14-26(20-32(30)38-36(34)35)24-10-6-8-22(2)18-24/h3-5,7,9-20H,6,8H2,1-2H3. The fraction of sp³-hybridized carbons (Fsp3) is 0.111. The van der Waals surface area contributed by atoms with E-state index in [9.17, 15) is 0 Å². The number of hydrogen-bond donors (Lipinski definition) is 0. The summed E-state index contributed by atoms with van der Waals surface area (Å²) in [4.78, 5) is 0. The average molecular weight is 491 g/mol. The summed E-state index contributed by atoms with van der Waals surface area (Å²) in [7, 11) is 0. The molecule has 8 rings (SSSR count). The van der Waals surface area contributed by atoms with E-state index in [-0.39, 0.29) is 0 Å². The highest BCUT2D eigenvalue weighted by Gasteiger charge is 2.21. The van der Waals surface area contributed by atoms with Crippen LogP contribution >= 0.6 is 0 Å². The van der Waals surface area contributed by atoms with Crippen molar-refractivity contribution in [3.63, 3.8) is 0 Å². The van der Waals surface area contributed by atoms with Gasteiger partial charge in [-0.2, -0.15) is 0 Å². The first-order chi connectivity index (χ1) is 18.6. The van der Waals surface area contributed by atoms with Crippen molar-refractivity contribution in [1.29, 1.82) is 0 Å². The zero-order valence-corrected chi connectivity index (χ0v) is 21.5. The molecule has 2 aromatic heterocycles. The molecule has 2 heteroatoms.